The predicted molar refractivity (Wildman–Crippen MR) is 60.0 cm³/mol. The molecule has 4 heteroatoms. The topological polar surface area (TPSA) is 42.2 Å². The van der Waals surface area contributed by atoms with E-state index in [0.29, 0.717) is 0 Å². The molecule has 0 unspecified atom stereocenters. The van der Waals surface area contributed by atoms with E-state index in [1.807, 2.05) is 14.0 Å². The summed E-state index contributed by atoms with van der Waals surface area (Å²) in [6, 6.07) is 0. The van der Waals surface area contributed by atoms with E-state index in [4.69, 9.17) is 5.73 Å². The molecular formula is C9H14BrN3. The second-order valence-electron chi connectivity index (χ2n) is 2.99. The van der Waals surface area contributed by atoms with Crippen LogP contribution in [0.2, 0.25) is 0 Å². The molecule has 1 aromatic heterocycles. The van der Waals surface area contributed by atoms with Crippen molar-refractivity contribution in [2.24, 2.45) is 0 Å². The Hall–Kier alpha value is -0.770. The van der Waals surface area contributed by atoms with Crippen molar-refractivity contribution < 1.29 is 0 Å². The third kappa shape index (κ3) is 1.94. The van der Waals surface area contributed by atoms with Gasteiger partial charge in [0.05, 0.1) is 16.4 Å². The van der Waals surface area contributed by atoms with Gasteiger partial charge in [-0.15, -0.1) is 0 Å². The zero-order chi connectivity index (χ0) is 10.0. The average Bonchev–Trinajstić information content (AvgIpc) is 2.13. The van der Waals surface area contributed by atoms with Crippen LogP contribution < -0.4 is 10.6 Å². The first-order chi connectivity index (χ1) is 6.07. The van der Waals surface area contributed by atoms with Crippen molar-refractivity contribution in [3.8, 4) is 0 Å². The van der Waals surface area contributed by atoms with Crippen LogP contribution in [0.4, 0.5) is 11.5 Å². The molecule has 2 N–H and O–H groups in total. The molecule has 0 saturated carbocycles. The normalized spacial score (nSPS) is 10.2. The van der Waals surface area contributed by atoms with Crippen molar-refractivity contribution in [3.63, 3.8) is 0 Å². The Morgan fingerprint density at radius 2 is 2.23 bits per heavy atom. The van der Waals surface area contributed by atoms with Crippen molar-refractivity contribution in [2.45, 2.75) is 13.8 Å². The van der Waals surface area contributed by atoms with Crippen molar-refractivity contribution in [1.82, 2.24) is 4.98 Å². The Labute approximate surface area is 87.1 Å². The van der Waals surface area contributed by atoms with E-state index in [1.165, 1.54) is 0 Å². The van der Waals surface area contributed by atoms with Gasteiger partial charge >= 0.3 is 0 Å². The fourth-order valence-corrected chi connectivity index (χ4v) is 1.63. The molecule has 0 aliphatic carbocycles. The highest BCUT2D eigenvalue weighted by Gasteiger charge is 2.09. The summed E-state index contributed by atoms with van der Waals surface area (Å²) >= 11 is 3.49. The summed E-state index contributed by atoms with van der Waals surface area (Å²) in [5.74, 6) is 0.939. The molecular weight excluding hydrogens is 230 g/mol. The number of nitrogen functional groups attached to an aromatic ring is 1. The van der Waals surface area contributed by atoms with Gasteiger partial charge in [0.25, 0.3) is 0 Å². The van der Waals surface area contributed by atoms with Crippen LogP contribution in [-0.4, -0.2) is 18.6 Å². The van der Waals surface area contributed by atoms with Gasteiger partial charge in [0.1, 0.15) is 5.82 Å². The zero-order valence-corrected chi connectivity index (χ0v) is 9.72. The monoisotopic (exact) mass is 243 g/mol. The van der Waals surface area contributed by atoms with Crippen LogP contribution in [0.5, 0.6) is 0 Å². The summed E-state index contributed by atoms with van der Waals surface area (Å²) in [5, 5.41) is 0. The molecule has 0 fully saturated rings. The molecule has 0 aliphatic heterocycles. The van der Waals surface area contributed by atoms with E-state index in [-0.39, 0.29) is 0 Å². The first-order valence-corrected chi connectivity index (χ1v) is 4.99. The summed E-state index contributed by atoms with van der Waals surface area (Å²) < 4.78 is 0.983. The summed E-state index contributed by atoms with van der Waals surface area (Å²) in [5.41, 5.74) is 7.49. The van der Waals surface area contributed by atoms with Crippen LogP contribution in [0.3, 0.4) is 0 Å². The Kier molecular flexibility index (Phi) is 3.14. The minimum atomic E-state index is 0.722. The molecule has 0 saturated heterocycles. The van der Waals surface area contributed by atoms with Gasteiger partial charge in [0.2, 0.25) is 0 Å². The van der Waals surface area contributed by atoms with Gasteiger partial charge in [-0.05, 0) is 35.3 Å². The smallest absolute Gasteiger partial charge is 0.143 e. The lowest BCUT2D eigenvalue weighted by Gasteiger charge is -2.18. The van der Waals surface area contributed by atoms with Crippen LogP contribution in [0.1, 0.15) is 12.5 Å². The molecule has 0 bridgehead atoms. The quantitative estimate of drug-likeness (QED) is 0.867. The third-order valence-corrected chi connectivity index (χ3v) is 3.07. The van der Waals surface area contributed by atoms with E-state index >= 15 is 0 Å². The summed E-state index contributed by atoms with van der Waals surface area (Å²) in [6.45, 7) is 4.99. The maximum absolute atomic E-state index is 5.72. The summed E-state index contributed by atoms with van der Waals surface area (Å²) in [6.07, 6.45) is 1.70. The Morgan fingerprint density at radius 1 is 1.62 bits per heavy atom. The fourth-order valence-electron chi connectivity index (χ4n) is 0.995. The molecule has 1 aromatic rings. The van der Waals surface area contributed by atoms with Crippen molar-refractivity contribution in [3.05, 3.63) is 16.2 Å². The SMILES string of the molecule is CCN(C)c1ncc(N)c(C)c1Br. The zero-order valence-electron chi connectivity index (χ0n) is 8.13. The molecule has 0 amide bonds. The highest BCUT2D eigenvalue weighted by atomic mass is 79.9. The molecule has 1 rings (SSSR count). The van der Waals surface area contributed by atoms with Gasteiger partial charge in [-0.1, -0.05) is 0 Å². The maximum Gasteiger partial charge on any atom is 0.143 e. The number of halogens is 1. The predicted octanol–water partition coefficient (Wildman–Crippen LogP) is 2.19. The molecule has 13 heavy (non-hydrogen) atoms. The minimum Gasteiger partial charge on any atom is -0.397 e. The molecule has 0 aromatic carbocycles. The van der Waals surface area contributed by atoms with Gasteiger partial charge in [-0.3, -0.25) is 0 Å². The number of nitrogens with zero attached hydrogens (tertiary/aromatic N) is 2. The van der Waals surface area contributed by atoms with Gasteiger partial charge in [0.15, 0.2) is 0 Å². The van der Waals surface area contributed by atoms with Gasteiger partial charge in [-0.2, -0.15) is 0 Å². The number of rotatable bonds is 2. The lowest BCUT2D eigenvalue weighted by molar-refractivity contribution is 0.931. The molecule has 3 nitrogen and oxygen atoms in total. The molecule has 1 heterocycles. The van der Waals surface area contributed by atoms with Crippen LogP contribution in [-0.2, 0) is 0 Å². The number of hydrogen-bond acceptors (Lipinski definition) is 3. The van der Waals surface area contributed by atoms with Crippen molar-refractivity contribution in [2.75, 3.05) is 24.2 Å². The van der Waals surface area contributed by atoms with E-state index in [1.54, 1.807) is 6.20 Å². The van der Waals surface area contributed by atoms with E-state index in [0.717, 1.165) is 28.1 Å². The average molecular weight is 244 g/mol. The maximum atomic E-state index is 5.72. The van der Waals surface area contributed by atoms with E-state index in [9.17, 15) is 0 Å². The highest BCUT2D eigenvalue weighted by Crippen LogP contribution is 2.29. The van der Waals surface area contributed by atoms with Crippen molar-refractivity contribution >= 4 is 27.4 Å². The lowest BCUT2D eigenvalue weighted by atomic mass is 10.2. The first kappa shape index (κ1) is 10.3. The summed E-state index contributed by atoms with van der Waals surface area (Å²) in [4.78, 5) is 6.33. The number of anilines is 2. The minimum absolute atomic E-state index is 0.722. The van der Waals surface area contributed by atoms with E-state index in [2.05, 4.69) is 32.7 Å². The number of hydrogen-bond donors (Lipinski definition) is 1. The lowest BCUT2D eigenvalue weighted by Crippen LogP contribution is -2.18. The standard InChI is InChI=1S/C9H14BrN3/c1-4-13(3)9-8(10)6(2)7(11)5-12-9/h5H,4,11H2,1-3H3. The van der Waals surface area contributed by atoms with Crippen LogP contribution in [0.25, 0.3) is 0 Å². The third-order valence-electron chi connectivity index (χ3n) is 2.12. The van der Waals surface area contributed by atoms with E-state index < -0.39 is 0 Å². The largest absolute Gasteiger partial charge is 0.397 e. The Balaban J connectivity index is 3.18. The van der Waals surface area contributed by atoms with Gasteiger partial charge in [-0.25, -0.2) is 4.98 Å². The second kappa shape index (κ2) is 3.96. The molecule has 0 radical (unpaired) electrons. The Morgan fingerprint density at radius 3 is 2.77 bits per heavy atom. The first-order valence-electron chi connectivity index (χ1n) is 4.19. The van der Waals surface area contributed by atoms with Gasteiger partial charge in [0, 0.05) is 13.6 Å². The summed E-state index contributed by atoms with van der Waals surface area (Å²) in [7, 11) is 2.00. The van der Waals surface area contributed by atoms with Crippen LogP contribution in [0.15, 0.2) is 10.7 Å². The van der Waals surface area contributed by atoms with Crippen LogP contribution in [0, 0.1) is 6.92 Å². The number of pyridine rings is 1. The highest BCUT2D eigenvalue weighted by molar-refractivity contribution is 9.10. The van der Waals surface area contributed by atoms with Crippen molar-refractivity contribution in [1.29, 1.82) is 0 Å². The fraction of sp³-hybridized carbons (Fsp3) is 0.444. The number of nitrogens with two attached hydrogens (primary N) is 1. The number of aromatic nitrogens is 1. The Bertz CT molecular complexity index is 312. The van der Waals surface area contributed by atoms with Gasteiger partial charge < -0.3 is 10.6 Å². The molecule has 0 spiro atoms. The second-order valence-corrected chi connectivity index (χ2v) is 3.78. The molecule has 72 valence electrons. The molecule has 0 atom stereocenters. The molecule has 0 aliphatic rings. The van der Waals surface area contributed by atoms with Crippen LogP contribution >= 0.6 is 15.9 Å².